The van der Waals surface area contributed by atoms with E-state index >= 15 is 0 Å². The van der Waals surface area contributed by atoms with E-state index < -0.39 is 11.8 Å². The summed E-state index contributed by atoms with van der Waals surface area (Å²) in [6, 6.07) is 10.5. The van der Waals surface area contributed by atoms with Gasteiger partial charge in [-0.25, -0.2) is 15.0 Å². The van der Waals surface area contributed by atoms with Crippen LogP contribution in [0.3, 0.4) is 0 Å². The largest absolute Gasteiger partial charge is 0.461 e. The second kappa shape index (κ2) is 7.87. The lowest BCUT2D eigenvalue weighted by molar-refractivity contribution is -0.138. The van der Waals surface area contributed by atoms with Gasteiger partial charge >= 0.3 is 5.97 Å². The second-order valence-corrected chi connectivity index (χ2v) is 5.45. The molecule has 2 aromatic rings. The van der Waals surface area contributed by atoms with E-state index in [0.29, 0.717) is 16.9 Å². The summed E-state index contributed by atoms with van der Waals surface area (Å²) in [5.74, 6) is 4.74. The molecular weight excluding hydrogens is 347 g/mol. The minimum absolute atomic E-state index is 0.0221. The number of nitrogens with zero attached hydrogens (tertiary/aromatic N) is 1. The third kappa shape index (κ3) is 4.01. The van der Waals surface area contributed by atoms with Crippen molar-refractivity contribution in [2.24, 2.45) is 11.6 Å². The molecular formula is C17H18ClFN4O2. The number of hydrazine groups is 1. The SMILES string of the molecule is CCOC(=O)/C(=C(\N)c1ccc(F)c(Cl)c1)N(N)c1ccccc1N. The molecule has 0 saturated heterocycles. The number of anilines is 2. The fourth-order valence-electron chi connectivity index (χ4n) is 2.17. The number of para-hydroxylation sites is 2. The van der Waals surface area contributed by atoms with Crippen LogP contribution < -0.4 is 22.3 Å². The molecule has 6 nitrogen and oxygen atoms in total. The van der Waals surface area contributed by atoms with Gasteiger partial charge in [-0.2, -0.15) is 0 Å². The minimum atomic E-state index is -0.744. The summed E-state index contributed by atoms with van der Waals surface area (Å²) < 4.78 is 18.4. The monoisotopic (exact) mass is 364 g/mol. The number of benzene rings is 2. The first-order valence-electron chi connectivity index (χ1n) is 7.38. The van der Waals surface area contributed by atoms with Gasteiger partial charge in [0.1, 0.15) is 5.82 Å². The Kier molecular flexibility index (Phi) is 5.84. The van der Waals surface area contributed by atoms with Gasteiger partial charge < -0.3 is 16.2 Å². The van der Waals surface area contributed by atoms with Crippen LogP contribution >= 0.6 is 11.6 Å². The lowest BCUT2D eigenvalue weighted by Gasteiger charge is -2.24. The summed E-state index contributed by atoms with van der Waals surface area (Å²) in [4.78, 5) is 12.4. The molecule has 0 atom stereocenters. The molecule has 0 fully saturated rings. The van der Waals surface area contributed by atoms with Crippen molar-refractivity contribution >= 4 is 34.6 Å². The van der Waals surface area contributed by atoms with Crippen LogP contribution in [0.1, 0.15) is 12.5 Å². The maximum atomic E-state index is 13.4. The van der Waals surface area contributed by atoms with Crippen LogP contribution in [0.25, 0.3) is 5.70 Å². The molecule has 25 heavy (non-hydrogen) atoms. The van der Waals surface area contributed by atoms with Crippen molar-refractivity contribution in [3.63, 3.8) is 0 Å². The Balaban J connectivity index is 2.60. The van der Waals surface area contributed by atoms with Crippen molar-refractivity contribution in [3.8, 4) is 0 Å². The molecule has 0 aliphatic heterocycles. The number of rotatable bonds is 5. The van der Waals surface area contributed by atoms with E-state index in [0.717, 1.165) is 11.1 Å². The quantitative estimate of drug-likeness (QED) is 0.247. The summed E-state index contributed by atoms with van der Waals surface area (Å²) in [6.45, 7) is 1.77. The summed E-state index contributed by atoms with van der Waals surface area (Å²) >= 11 is 5.79. The van der Waals surface area contributed by atoms with Crippen molar-refractivity contribution in [1.82, 2.24) is 0 Å². The Morgan fingerprint density at radius 2 is 1.96 bits per heavy atom. The third-order valence-corrected chi connectivity index (χ3v) is 3.68. The van der Waals surface area contributed by atoms with Gasteiger partial charge in [-0.3, -0.25) is 5.01 Å². The number of halogens is 2. The van der Waals surface area contributed by atoms with Crippen LogP contribution in [0, 0.1) is 5.82 Å². The molecule has 0 aliphatic carbocycles. The summed E-state index contributed by atoms with van der Waals surface area (Å²) in [7, 11) is 0. The number of nitrogens with two attached hydrogens (primary N) is 3. The fraction of sp³-hybridized carbons (Fsp3) is 0.118. The highest BCUT2D eigenvalue weighted by Gasteiger charge is 2.24. The summed E-state index contributed by atoms with van der Waals surface area (Å²) in [6.07, 6.45) is 0. The molecule has 0 radical (unpaired) electrons. The average molecular weight is 365 g/mol. The molecule has 0 aliphatic rings. The van der Waals surface area contributed by atoms with Crippen molar-refractivity contribution < 1.29 is 13.9 Å². The zero-order valence-electron chi connectivity index (χ0n) is 13.5. The summed E-state index contributed by atoms with van der Waals surface area (Å²) in [5, 5.41) is 0.909. The number of nitrogen functional groups attached to an aromatic ring is 1. The van der Waals surface area contributed by atoms with Crippen molar-refractivity contribution in [3.05, 3.63) is 64.6 Å². The van der Waals surface area contributed by atoms with Crippen molar-refractivity contribution in [2.75, 3.05) is 17.3 Å². The van der Waals surface area contributed by atoms with Crippen LogP contribution in [-0.4, -0.2) is 12.6 Å². The molecule has 132 valence electrons. The maximum Gasteiger partial charge on any atom is 0.358 e. The Hall–Kier alpha value is -2.77. The Bertz CT molecular complexity index is 826. The van der Waals surface area contributed by atoms with Crippen LogP contribution in [0.5, 0.6) is 0 Å². The first-order chi connectivity index (χ1) is 11.9. The van der Waals surface area contributed by atoms with Crippen molar-refractivity contribution in [1.29, 1.82) is 0 Å². The Morgan fingerprint density at radius 1 is 1.28 bits per heavy atom. The zero-order valence-corrected chi connectivity index (χ0v) is 14.3. The molecule has 2 aromatic carbocycles. The van der Waals surface area contributed by atoms with E-state index in [1.165, 1.54) is 12.1 Å². The smallest absolute Gasteiger partial charge is 0.358 e. The number of hydrogen-bond acceptors (Lipinski definition) is 6. The number of carbonyl (C=O) groups excluding carboxylic acids is 1. The van der Waals surface area contributed by atoms with Crippen LogP contribution in [-0.2, 0) is 9.53 Å². The normalized spacial score (nSPS) is 11.7. The number of hydrogen-bond donors (Lipinski definition) is 3. The minimum Gasteiger partial charge on any atom is -0.461 e. The predicted molar refractivity (Wildman–Crippen MR) is 96.7 cm³/mol. The maximum absolute atomic E-state index is 13.4. The second-order valence-electron chi connectivity index (χ2n) is 5.04. The van der Waals surface area contributed by atoms with E-state index in [4.69, 9.17) is 33.6 Å². The lowest BCUT2D eigenvalue weighted by atomic mass is 10.1. The van der Waals surface area contributed by atoms with Gasteiger partial charge in [-0.15, -0.1) is 0 Å². The Labute approximate surface area is 149 Å². The molecule has 8 heteroatoms. The highest BCUT2D eigenvalue weighted by atomic mass is 35.5. The van der Waals surface area contributed by atoms with Crippen molar-refractivity contribution in [2.45, 2.75) is 6.92 Å². The van der Waals surface area contributed by atoms with Gasteiger partial charge in [0.25, 0.3) is 0 Å². The molecule has 0 spiro atoms. The summed E-state index contributed by atoms with van der Waals surface area (Å²) in [5.41, 5.74) is 12.9. The van der Waals surface area contributed by atoms with E-state index in [1.807, 2.05) is 0 Å². The predicted octanol–water partition coefficient (Wildman–Crippen LogP) is 2.63. The van der Waals surface area contributed by atoms with Crippen LogP contribution in [0.2, 0.25) is 5.02 Å². The molecule has 0 saturated carbocycles. The lowest BCUT2D eigenvalue weighted by Crippen LogP contribution is -2.37. The van der Waals surface area contributed by atoms with Crippen LogP contribution in [0.4, 0.5) is 15.8 Å². The van der Waals surface area contributed by atoms with E-state index in [1.54, 1.807) is 31.2 Å². The van der Waals surface area contributed by atoms with Crippen LogP contribution in [0.15, 0.2) is 48.2 Å². The first-order valence-corrected chi connectivity index (χ1v) is 7.76. The number of ether oxygens (including phenoxy) is 1. The molecule has 0 amide bonds. The van der Waals surface area contributed by atoms with Gasteiger partial charge in [-0.1, -0.05) is 23.7 Å². The van der Waals surface area contributed by atoms with Gasteiger partial charge in [0.15, 0.2) is 5.70 Å². The fourth-order valence-corrected chi connectivity index (χ4v) is 2.35. The first kappa shape index (κ1) is 18.6. The van der Waals surface area contributed by atoms with Gasteiger partial charge in [0, 0.05) is 5.56 Å². The number of esters is 1. The van der Waals surface area contributed by atoms with Gasteiger partial charge in [-0.05, 0) is 37.3 Å². The molecule has 6 N–H and O–H groups in total. The van der Waals surface area contributed by atoms with Gasteiger partial charge in [0.2, 0.25) is 0 Å². The number of carbonyl (C=O) groups is 1. The third-order valence-electron chi connectivity index (χ3n) is 3.39. The van der Waals surface area contributed by atoms with E-state index in [2.05, 4.69) is 0 Å². The molecule has 0 heterocycles. The highest BCUT2D eigenvalue weighted by molar-refractivity contribution is 6.30. The zero-order chi connectivity index (χ0) is 18.6. The highest BCUT2D eigenvalue weighted by Crippen LogP contribution is 2.28. The molecule has 0 unspecified atom stereocenters. The van der Waals surface area contributed by atoms with E-state index in [-0.39, 0.29) is 23.0 Å². The molecule has 0 bridgehead atoms. The Morgan fingerprint density at radius 3 is 2.56 bits per heavy atom. The molecule has 2 rings (SSSR count). The van der Waals surface area contributed by atoms with E-state index in [9.17, 15) is 9.18 Å². The van der Waals surface area contributed by atoms with Gasteiger partial charge in [0.05, 0.1) is 28.7 Å². The topological polar surface area (TPSA) is 108 Å². The average Bonchev–Trinajstić information content (AvgIpc) is 2.58. The standard InChI is InChI=1S/C17H18ClFN4O2/c1-2-25-17(24)16(23(22)14-6-4-3-5-13(14)20)15(21)10-7-8-12(19)11(18)9-10/h3-9H,2,20-22H2,1H3/b16-15+. The molecule has 0 aromatic heterocycles.